The SMILES string of the molecule is COc1ccc(OC)c(CNCC(C)C(C)(C)C)c1. The Morgan fingerprint density at radius 2 is 1.84 bits per heavy atom. The lowest BCUT2D eigenvalue weighted by molar-refractivity contribution is 0.252. The summed E-state index contributed by atoms with van der Waals surface area (Å²) in [7, 11) is 3.38. The summed E-state index contributed by atoms with van der Waals surface area (Å²) in [6.45, 7) is 10.9. The van der Waals surface area contributed by atoms with Crippen LogP contribution >= 0.6 is 0 Å². The molecular formula is C16H27NO2. The Morgan fingerprint density at radius 1 is 1.16 bits per heavy atom. The zero-order valence-corrected chi connectivity index (χ0v) is 13.0. The molecule has 19 heavy (non-hydrogen) atoms. The van der Waals surface area contributed by atoms with E-state index in [4.69, 9.17) is 9.47 Å². The highest BCUT2D eigenvalue weighted by Crippen LogP contribution is 2.26. The molecule has 1 N–H and O–H groups in total. The normalized spacial score (nSPS) is 13.2. The van der Waals surface area contributed by atoms with Crippen molar-refractivity contribution in [2.45, 2.75) is 34.2 Å². The Bertz CT molecular complexity index is 396. The lowest BCUT2D eigenvalue weighted by Gasteiger charge is -2.27. The maximum atomic E-state index is 5.37. The van der Waals surface area contributed by atoms with Crippen LogP contribution in [0.2, 0.25) is 0 Å². The molecule has 1 aromatic carbocycles. The Morgan fingerprint density at radius 3 is 2.37 bits per heavy atom. The van der Waals surface area contributed by atoms with Crippen molar-refractivity contribution < 1.29 is 9.47 Å². The minimum absolute atomic E-state index is 0.325. The fraction of sp³-hybridized carbons (Fsp3) is 0.625. The average molecular weight is 265 g/mol. The molecule has 0 saturated carbocycles. The largest absolute Gasteiger partial charge is 0.497 e. The van der Waals surface area contributed by atoms with Gasteiger partial charge in [0.1, 0.15) is 11.5 Å². The van der Waals surface area contributed by atoms with Crippen molar-refractivity contribution in [2.75, 3.05) is 20.8 Å². The minimum atomic E-state index is 0.325. The quantitative estimate of drug-likeness (QED) is 0.854. The molecular weight excluding hydrogens is 238 g/mol. The molecule has 3 heteroatoms. The van der Waals surface area contributed by atoms with Gasteiger partial charge < -0.3 is 14.8 Å². The third-order valence-corrected chi connectivity index (χ3v) is 3.73. The van der Waals surface area contributed by atoms with Gasteiger partial charge in [0.2, 0.25) is 0 Å². The molecule has 0 radical (unpaired) electrons. The van der Waals surface area contributed by atoms with E-state index in [1.165, 1.54) is 0 Å². The van der Waals surface area contributed by atoms with E-state index in [9.17, 15) is 0 Å². The number of benzene rings is 1. The van der Waals surface area contributed by atoms with Crippen molar-refractivity contribution in [1.82, 2.24) is 5.32 Å². The molecule has 1 unspecified atom stereocenters. The lowest BCUT2D eigenvalue weighted by atomic mass is 9.82. The second kappa shape index (κ2) is 6.80. The highest BCUT2D eigenvalue weighted by Gasteiger charge is 2.19. The molecule has 0 aliphatic rings. The molecule has 0 aliphatic heterocycles. The van der Waals surface area contributed by atoms with Gasteiger partial charge in [-0.3, -0.25) is 0 Å². The van der Waals surface area contributed by atoms with E-state index in [-0.39, 0.29) is 0 Å². The summed E-state index contributed by atoms with van der Waals surface area (Å²) in [5, 5.41) is 3.50. The molecule has 1 aromatic rings. The number of nitrogens with one attached hydrogen (secondary N) is 1. The van der Waals surface area contributed by atoms with Gasteiger partial charge in [0, 0.05) is 12.1 Å². The van der Waals surface area contributed by atoms with Crippen molar-refractivity contribution >= 4 is 0 Å². The molecule has 0 aromatic heterocycles. The fourth-order valence-electron chi connectivity index (χ4n) is 1.75. The van der Waals surface area contributed by atoms with Gasteiger partial charge >= 0.3 is 0 Å². The predicted octanol–water partition coefficient (Wildman–Crippen LogP) is 3.48. The van der Waals surface area contributed by atoms with Crippen LogP contribution in [0.5, 0.6) is 11.5 Å². The summed E-state index contributed by atoms with van der Waals surface area (Å²) in [6.07, 6.45) is 0. The van der Waals surface area contributed by atoms with Gasteiger partial charge in [0.15, 0.2) is 0 Å². The van der Waals surface area contributed by atoms with Crippen LogP contribution in [0.1, 0.15) is 33.3 Å². The van der Waals surface area contributed by atoms with E-state index in [0.717, 1.165) is 30.2 Å². The topological polar surface area (TPSA) is 30.5 Å². The second-order valence-electron chi connectivity index (χ2n) is 6.08. The van der Waals surface area contributed by atoms with Crippen molar-refractivity contribution in [3.63, 3.8) is 0 Å². The van der Waals surface area contributed by atoms with Crippen LogP contribution in [0.15, 0.2) is 18.2 Å². The highest BCUT2D eigenvalue weighted by atomic mass is 16.5. The summed E-state index contributed by atoms with van der Waals surface area (Å²) in [4.78, 5) is 0. The Kier molecular flexibility index (Phi) is 5.67. The van der Waals surface area contributed by atoms with Crippen LogP contribution in [0.3, 0.4) is 0 Å². The monoisotopic (exact) mass is 265 g/mol. The van der Waals surface area contributed by atoms with Gasteiger partial charge in [-0.1, -0.05) is 27.7 Å². The molecule has 0 saturated heterocycles. The Balaban J connectivity index is 2.61. The van der Waals surface area contributed by atoms with Crippen LogP contribution in [-0.2, 0) is 6.54 Å². The van der Waals surface area contributed by atoms with E-state index in [2.05, 4.69) is 33.0 Å². The van der Waals surface area contributed by atoms with Crippen molar-refractivity contribution in [1.29, 1.82) is 0 Å². The molecule has 0 heterocycles. The maximum Gasteiger partial charge on any atom is 0.123 e. The van der Waals surface area contributed by atoms with Gasteiger partial charge in [-0.2, -0.15) is 0 Å². The summed E-state index contributed by atoms with van der Waals surface area (Å²) in [6, 6.07) is 5.89. The summed E-state index contributed by atoms with van der Waals surface area (Å²) in [5.41, 5.74) is 1.45. The Labute approximate surface area is 117 Å². The zero-order valence-electron chi connectivity index (χ0n) is 13.0. The molecule has 1 rings (SSSR count). The molecule has 0 spiro atoms. The van der Waals surface area contributed by atoms with E-state index in [1.54, 1.807) is 14.2 Å². The Hall–Kier alpha value is -1.22. The van der Waals surface area contributed by atoms with Crippen molar-refractivity contribution in [3.05, 3.63) is 23.8 Å². The number of methoxy groups -OCH3 is 2. The zero-order chi connectivity index (χ0) is 14.5. The van der Waals surface area contributed by atoms with Gasteiger partial charge in [0.25, 0.3) is 0 Å². The first kappa shape index (κ1) is 15.8. The maximum absolute atomic E-state index is 5.37. The van der Waals surface area contributed by atoms with Crippen LogP contribution in [0.4, 0.5) is 0 Å². The van der Waals surface area contributed by atoms with Crippen LogP contribution < -0.4 is 14.8 Å². The molecule has 0 aliphatic carbocycles. The fourth-order valence-corrected chi connectivity index (χ4v) is 1.75. The standard InChI is InChI=1S/C16H27NO2/c1-12(16(2,3)4)10-17-11-13-9-14(18-5)7-8-15(13)19-6/h7-9,12,17H,10-11H2,1-6H3. The predicted molar refractivity (Wildman–Crippen MR) is 79.9 cm³/mol. The molecule has 0 amide bonds. The van der Waals surface area contributed by atoms with Crippen LogP contribution in [-0.4, -0.2) is 20.8 Å². The van der Waals surface area contributed by atoms with E-state index < -0.39 is 0 Å². The summed E-state index contributed by atoms with van der Waals surface area (Å²) >= 11 is 0. The average Bonchev–Trinajstić information content (AvgIpc) is 2.37. The van der Waals surface area contributed by atoms with E-state index >= 15 is 0 Å². The summed E-state index contributed by atoms with van der Waals surface area (Å²) < 4.78 is 10.6. The first-order valence-electron chi connectivity index (χ1n) is 6.80. The first-order chi connectivity index (χ1) is 8.88. The van der Waals surface area contributed by atoms with E-state index in [1.807, 2.05) is 18.2 Å². The number of hydrogen-bond donors (Lipinski definition) is 1. The van der Waals surface area contributed by atoms with Gasteiger partial charge in [-0.25, -0.2) is 0 Å². The molecule has 3 nitrogen and oxygen atoms in total. The van der Waals surface area contributed by atoms with Crippen LogP contribution in [0, 0.1) is 11.3 Å². The van der Waals surface area contributed by atoms with Gasteiger partial charge in [-0.15, -0.1) is 0 Å². The van der Waals surface area contributed by atoms with Gasteiger partial charge in [0.05, 0.1) is 14.2 Å². The molecule has 108 valence electrons. The van der Waals surface area contributed by atoms with Crippen molar-refractivity contribution in [3.8, 4) is 11.5 Å². The second-order valence-corrected chi connectivity index (χ2v) is 6.08. The molecule has 0 fully saturated rings. The van der Waals surface area contributed by atoms with Crippen LogP contribution in [0.25, 0.3) is 0 Å². The smallest absolute Gasteiger partial charge is 0.123 e. The molecule has 0 bridgehead atoms. The lowest BCUT2D eigenvalue weighted by Crippen LogP contribution is -2.29. The third kappa shape index (κ3) is 4.75. The number of hydrogen-bond acceptors (Lipinski definition) is 3. The number of ether oxygens (including phenoxy) is 2. The van der Waals surface area contributed by atoms with Crippen molar-refractivity contribution in [2.24, 2.45) is 11.3 Å². The highest BCUT2D eigenvalue weighted by molar-refractivity contribution is 5.40. The van der Waals surface area contributed by atoms with E-state index in [0.29, 0.717) is 11.3 Å². The molecule has 1 atom stereocenters. The first-order valence-corrected chi connectivity index (χ1v) is 6.80. The van der Waals surface area contributed by atoms with Gasteiger partial charge in [-0.05, 0) is 36.1 Å². The number of rotatable bonds is 6. The third-order valence-electron chi connectivity index (χ3n) is 3.73. The minimum Gasteiger partial charge on any atom is -0.497 e. The summed E-state index contributed by atoms with van der Waals surface area (Å²) in [5.74, 6) is 2.38.